The second kappa shape index (κ2) is 7.50. The Bertz CT molecular complexity index is 670. The van der Waals surface area contributed by atoms with Crippen LogP contribution in [0.5, 0.6) is 0 Å². The zero-order valence-electron chi connectivity index (χ0n) is 14.6. The molecular formula is C17H21BrClFN2O3. The fourth-order valence-corrected chi connectivity index (χ4v) is 3.13. The van der Waals surface area contributed by atoms with E-state index < -0.39 is 17.5 Å². The molecule has 0 spiro atoms. The van der Waals surface area contributed by atoms with Crippen LogP contribution in [0.3, 0.4) is 0 Å². The summed E-state index contributed by atoms with van der Waals surface area (Å²) in [4.78, 5) is 27.8. The number of amides is 2. The molecule has 1 aromatic carbocycles. The molecule has 0 unspecified atom stereocenters. The van der Waals surface area contributed by atoms with E-state index in [1.54, 1.807) is 32.7 Å². The molecule has 1 aliphatic heterocycles. The van der Waals surface area contributed by atoms with Crippen molar-refractivity contribution < 1.29 is 18.7 Å². The summed E-state index contributed by atoms with van der Waals surface area (Å²) < 4.78 is 19.4. The first kappa shape index (κ1) is 20.0. The molecule has 138 valence electrons. The fraction of sp³-hybridized carbons (Fsp3) is 0.529. The molecule has 1 aliphatic rings. The number of hydrogen-bond acceptors (Lipinski definition) is 3. The Hall–Kier alpha value is -1.34. The molecule has 2 rings (SSSR count). The first-order valence-corrected chi connectivity index (χ1v) is 9.06. The summed E-state index contributed by atoms with van der Waals surface area (Å²) in [6.07, 6.45) is 0.214. The molecule has 1 heterocycles. The number of halogens is 3. The maximum Gasteiger partial charge on any atom is 0.410 e. The summed E-state index contributed by atoms with van der Waals surface area (Å²) in [6, 6.07) is 2.48. The van der Waals surface area contributed by atoms with Gasteiger partial charge in [-0.05, 0) is 55.3 Å². The Kier molecular flexibility index (Phi) is 5.99. The van der Waals surface area contributed by atoms with Crippen molar-refractivity contribution in [3.05, 3.63) is 33.0 Å². The first-order chi connectivity index (χ1) is 11.5. The van der Waals surface area contributed by atoms with Crippen molar-refractivity contribution in [1.82, 2.24) is 9.80 Å². The van der Waals surface area contributed by atoms with Crippen LogP contribution in [0.2, 0.25) is 5.02 Å². The van der Waals surface area contributed by atoms with Gasteiger partial charge in [-0.15, -0.1) is 0 Å². The monoisotopic (exact) mass is 434 g/mol. The third-order valence-corrected chi connectivity index (χ3v) is 5.15. The van der Waals surface area contributed by atoms with Crippen LogP contribution in [0, 0.1) is 5.82 Å². The Balaban J connectivity index is 2.05. The van der Waals surface area contributed by atoms with Crippen LogP contribution in [0.1, 0.15) is 37.6 Å². The molecule has 1 saturated heterocycles. The number of carbonyl (C=O) groups is 2. The molecule has 2 amide bonds. The Labute approximate surface area is 160 Å². The summed E-state index contributed by atoms with van der Waals surface area (Å²) in [5.41, 5.74) is -0.360. The lowest BCUT2D eigenvalue weighted by Crippen LogP contribution is -2.42. The number of benzene rings is 1. The van der Waals surface area contributed by atoms with Crippen molar-refractivity contribution in [3.8, 4) is 0 Å². The van der Waals surface area contributed by atoms with E-state index >= 15 is 0 Å². The van der Waals surface area contributed by atoms with E-state index in [2.05, 4.69) is 15.9 Å². The van der Waals surface area contributed by atoms with Gasteiger partial charge in [0, 0.05) is 30.2 Å². The van der Waals surface area contributed by atoms with E-state index in [1.807, 2.05) is 0 Å². The molecule has 0 aromatic heterocycles. The number of nitrogens with zero attached hydrogens (tertiary/aromatic N) is 2. The van der Waals surface area contributed by atoms with E-state index in [4.69, 9.17) is 16.3 Å². The third-order valence-electron chi connectivity index (χ3n) is 3.91. The molecule has 0 saturated carbocycles. The molecule has 0 aliphatic carbocycles. The summed E-state index contributed by atoms with van der Waals surface area (Å²) in [7, 11) is 1.66. The van der Waals surface area contributed by atoms with E-state index in [0.29, 0.717) is 24.0 Å². The lowest BCUT2D eigenvalue weighted by Gasteiger charge is -2.28. The summed E-state index contributed by atoms with van der Waals surface area (Å²) in [5, 5.41) is -0.0551. The molecule has 1 aromatic rings. The van der Waals surface area contributed by atoms with Gasteiger partial charge in [0.25, 0.3) is 5.91 Å². The standard InChI is InChI=1S/C17H21BrClFN2O3/c1-17(2,3)25-16(24)21(4)11-5-6-22(9-11)15(23)10-7-12(18)14(19)13(20)8-10/h7-8,11H,5-6,9H2,1-4H3/t11-/m1/s1. The van der Waals surface area contributed by atoms with Crippen molar-refractivity contribution in [1.29, 1.82) is 0 Å². The highest BCUT2D eigenvalue weighted by Gasteiger charge is 2.33. The molecule has 0 radical (unpaired) electrons. The Morgan fingerprint density at radius 2 is 2.04 bits per heavy atom. The minimum atomic E-state index is -0.652. The number of ether oxygens (including phenoxy) is 1. The van der Waals surface area contributed by atoms with Crippen LogP contribution in [0.15, 0.2) is 16.6 Å². The molecule has 0 bridgehead atoms. The van der Waals surface area contributed by atoms with Crippen LogP contribution in [-0.4, -0.2) is 53.6 Å². The lowest BCUT2D eigenvalue weighted by molar-refractivity contribution is 0.0226. The molecule has 1 fully saturated rings. The van der Waals surface area contributed by atoms with Crippen LogP contribution in [0.25, 0.3) is 0 Å². The van der Waals surface area contributed by atoms with E-state index in [9.17, 15) is 14.0 Å². The molecule has 8 heteroatoms. The van der Waals surface area contributed by atoms with Gasteiger partial charge in [-0.2, -0.15) is 0 Å². The summed E-state index contributed by atoms with van der Waals surface area (Å²) >= 11 is 8.91. The van der Waals surface area contributed by atoms with E-state index in [0.717, 1.165) is 6.07 Å². The second-order valence-corrected chi connectivity index (χ2v) is 8.27. The topological polar surface area (TPSA) is 49.9 Å². The average molecular weight is 436 g/mol. The van der Waals surface area contributed by atoms with Crippen molar-refractivity contribution in [2.24, 2.45) is 0 Å². The maximum atomic E-state index is 13.8. The normalized spacial score (nSPS) is 17.6. The second-order valence-electron chi connectivity index (χ2n) is 7.04. The van der Waals surface area contributed by atoms with Crippen LogP contribution < -0.4 is 0 Å². The van der Waals surface area contributed by atoms with Crippen LogP contribution in [-0.2, 0) is 4.74 Å². The van der Waals surface area contributed by atoms with Gasteiger partial charge < -0.3 is 14.5 Å². The van der Waals surface area contributed by atoms with Crippen molar-refractivity contribution in [3.63, 3.8) is 0 Å². The average Bonchev–Trinajstić information content (AvgIpc) is 2.98. The Morgan fingerprint density at radius 1 is 1.40 bits per heavy atom. The highest BCUT2D eigenvalue weighted by molar-refractivity contribution is 9.10. The predicted molar refractivity (Wildman–Crippen MR) is 97.4 cm³/mol. The molecule has 0 N–H and O–H groups in total. The van der Waals surface area contributed by atoms with Gasteiger partial charge in [0.2, 0.25) is 0 Å². The SMILES string of the molecule is CN(C(=O)OC(C)(C)C)[C@@H]1CCN(C(=O)c2cc(F)c(Cl)c(Br)c2)C1. The first-order valence-electron chi connectivity index (χ1n) is 7.89. The zero-order chi connectivity index (χ0) is 18.9. The highest BCUT2D eigenvalue weighted by Crippen LogP contribution is 2.28. The lowest BCUT2D eigenvalue weighted by atomic mass is 10.2. The number of likely N-dealkylation sites (N-methyl/N-ethyl adjacent to an activating group) is 1. The van der Waals surface area contributed by atoms with Gasteiger partial charge in [-0.1, -0.05) is 11.6 Å². The zero-order valence-corrected chi connectivity index (χ0v) is 16.9. The quantitative estimate of drug-likeness (QED) is 0.650. The van der Waals surface area contributed by atoms with Gasteiger partial charge in [-0.25, -0.2) is 9.18 Å². The van der Waals surface area contributed by atoms with Crippen molar-refractivity contribution in [2.45, 2.75) is 38.8 Å². The number of carbonyl (C=O) groups excluding carboxylic acids is 2. The number of rotatable bonds is 2. The summed E-state index contributed by atoms with van der Waals surface area (Å²) in [6.45, 7) is 6.26. The predicted octanol–water partition coefficient (Wildman–Crippen LogP) is 4.32. The number of hydrogen-bond donors (Lipinski definition) is 0. The molecule has 1 atom stereocenters. The third kappa shape index (κ3) is 4.85. The fourth-order valence-electron chi connectivity index (χ4n) is 2.59. The van der Waals surface area contributed by atoms with Crippen molar-refractivity contribution in [2.75, 3.05) is 20.1 Å². The largest absolute Gasteiger partial charge is 0.444 e. The van der Waals surface area contributed by atoms with Gasteiger partial charge >= 0.3 is 6.09 Å². The smallest absolute Gasteiger partial charge is 0.410 e. The maximum absolute atomic E-state index is 13.8. The van der Waals surface area contributed by atoms with E-state index in [1.165, 1.54) is 11.0 Å². The molecular weight excluding hydrogens is 415 g/mol. The van der Waals surface area contributed by atoms with Crippen LogP contribution >= 0.6 is 27.5 Å². The van der Waals surface area contributed by atoms with Crippen molar-refractivity contribution >= 4 is 39.5 Å². The van der Waals surface area contributed by atoms with Gasteiger partial charge in [0.15, 0.2) is 0 Å². The van der Waals surface area contributed by atoms with Gasteiger partial charge in [0.1, 0.15) is 11.4 Å². The van der Waals surface area contributed by atoms with Gasteiger partial charge in [-0.3, -0.25) is 4.79 Å². The van der Waals surface area contributed by atoms with Crippen LogP contribution in [0.4, 0.5) is 9.18 Å². The molecule has 5 nitrogen and oxygen atoms in total. The van der Waals surface area contributed by atoms with Gasteiger partial charge in [0.05, 0.1) is 11.1 Å². The summed E-state index contributed by atoms with van der Waals surface area (Å²) in [5.74, 6) is -0.947. The highest BCUT2D eigenvalue weighted by atomic mass is 79.9. The Morgan fingerprint density at radius 3 is 2.60 bits per heavy atom. The minimum absolute atomic E-state index is 0.0551. The number of likely N-dealkylation sites (tertiary alicyclic amines) is 1. The minimum Gasteiger partial charge on any atom is -0.444 e. The molecule has 25 heavy (non-hydrogen) atoms. The van der Waals surface area contributed by atoms with E-state index in [-0.39, 0.29) is 22.5 Å².